The van der Waals surface area contributed by atoms with Gasteiger partial charge in [-0.25, -0.2) is 0 Å². The minimum absolute atomic E-state index is 0.721. The molecule has 114 valence electrons. The zero-order valence-electron chi connectivity index (χ0n) is 12.5. The monoisotopic (exact) mass is 305 g/mol. The molecule has 1 aliphatic rings. The van der Waals surface area contributed by atoms with Gasteiger partial charge in [-0.3, -0.25) is 4.68 Å². The molecule has 1 N–H and O–H groups in total. The molecule has 0 unspecified atom stereocenters. The fraction of sp³-hybridized carbons (Fsp3) is 0.600. The van der Waals surface area contributed by atoms with Gasteiger partial charge in [0.15, 0.2) is 0 Å². The number of aromatic nitrogens is 3. The lowest BCUT2D eigenvalue weighted by Gasteiger charge is -2.15. The van der Waals surface area contributed by atoms with Crippen molar-refractivity contribution in [3.8, 4) is 0 Å². The smallest absolute Gasteiger partial charge is 0.0964 e. The molecule has 5 nitrogen and oxygen atoms in total. The van der Waals surface area contributed by atoms with Crippen LogP contribution in [-0.2, 0) is 19.5 Å². The third-order valence-electron chi connectivity index (χ3n) is 3.77. The first-order valence-corrected chi connectivity index (χ1v) is 8.51. The van der Waals surface area contributed by atoms with Crippen LogP contribution in [-0.4, -0.2) is 46.1 Å². The Bertz CT molecular complexity index is 532. The Morgan fingerprint density at radius 2 is 2.33 bits per heavy atom. The lowest BCUT2D eigenvalue weighted by atomic mass is 10.3. The van der Waals surface area contributed by atoms with Gasteiger partial charge >= 0.3 is 0 Å². The minimum Gasteiger partial charge on any atom is -0.308 e. The number of thiophene rings is 1. The Morgan fingerprint density at radius 3 is 3.10 bits per heavy atom. The SMILES string of the molecule is CN(CCc1cccs1)CCn1cc(CNC2CC2)nn1. The summed E-state index contributed by atoms with van der Waals surface area (Å²) in [5.41, 5.74) is 1.04. The predicted molar refractivity (Wildman–Crippen MR) is 85.4 cm³/mol. The molecule has 2 aromatic heterocycles. The van der Waals surface area contributed by atoms with E-state index in [1.807, 2.05) is 16.0 Å². The summed E-state index contributed by atoms with van der Waals surface area (Å²) in [5, 5.41) is 14.0. The van der Waals surface area contributed by atoms with Crippen LogP contribution in [0.4, 0.5) is 0 Å². The van der Waals surface area contributed by atoms with E-state index in [1.54, 1.807) is 0 Å². The van der Waals surface area contributed by atoms with Crippen LogP contribution in [0.15, 0.2) is 23.7 Å². The second-order valence-electron chi connectivity index (χ2n) is 5.76. The average molecular weight is 305 g/mol. The molecule has 0 radical (unpaired) electrons. The van der Waals surface area contributed by atoms with Crippen molar-refractivity contribution in [2.24, 2.45) is 0 Å². The lowest BCUT2D eigenvalue weighted by Crippen LogP contribution is -2.25. The second-order valence-corrected chi connectivity index (χ2v) is 6.79. The number of nitrogens with zero attached hydrogens (tertiary/aromatic N) is 4. The van der Waals surface area contributed by atoms with E-state index < -0.39 is 0 Å². The molecule has 6 heteroatoms. The summed E-state index contributed by atoms with van der Waals surface area (Å²) in [6.07, 6.45) is 5.80. The van der Waals surface area contributed by atoms with Crippen molar-refractivity contribution < 1.29 is 0 Å². The highest BCUT2D eigenvalue weighted by atomic mass is 32.1. The van der Waals surface area contributed by atoms with Gasteiger partial charge in [0.2, 0.25) is 0 Å². The molecule has 0 saturated heterocycles. The first-order chi connectivity index (χ1) is 10.3. The molecule has 3 rings (SSSR count). The molecule has 0 amide bonds. The zero-order valence-corrected chi connectivity index (χ0v) is 13.4. The van der Waals surface area contributed by atoms with Gasteiger partial charge in [0.1, 0.15) is 0 Å². The molecule has 1 saturated carbocycles. The molecule has 0 aromatic carbocycles. The summed E-state index contributed by atoms with van der Waals surface area (Å²) < 4.78 is 1.95. The van der Waals surface area contributed by atoms with Crippen molar-refractivity contribution in [3.05, 3.63) is 34.3 Å². The summed E-state index contributed by atoms with van der Waals surface area (Å²) in [7, 11) is 2.17. The van der Waals surface area contributed by atoms with Crippen molar-refractivity contribution in [3.63, 3.8) is 0 Å². The molecule has 1 aliphatic carbocycles. The molecule has 2 aromatic rings. The van der Waals surface area contributed by atoms with E-state index in [0.717, 1.165) is 44.3 Å². The van der Waals surface area contributed by atoms with E-state index in [9.17, 15) is 0 Å². The van der Waals surface area contributed by atoms with Crippen LogP contribution in [0.2, 0.25) is 0 Å². The Balaban J connectivity index is 1.35. The van der Waals surface area contributed by atoms with Crippen molar-refractivity contribution >= 4 is 11.3 Å². The molecular formula is C15H23N5S. The molecule has 0 atom stereocenters. The van der Waals surface area contributed by atoms with Crippen molar-refractivity contribution in [2.75, 3.05) is 20.1 Å². The third-order valence-corrected chi connectivity index (χ3v) is 4.70. The highest BCUT2D eigenvalue weighted by Gasteiger charge is 2.20. The molecule has 0 bridgehead atoms. The molecular weight excluding hydrogens is 282 g/mol. The molecule has 1 fully saturated rings. The summed E-state index contributed by atoms with van der Waals surface area (Å²) in [6, 6.07) is 5.04. The van der Waals surface area contributed by atoms with Crippen LogP contribution in [0.5, 0.6) is 0 Å². The van der Waals surface area contributed by atoms with Crippen LogP contribution in [0.1, 0.15) is 23.4 Å². The van der Waals surface area contributed by atoms with E-state index in [1.165, 1.54) is 17.7 Å². The summed E-state index contributed by atoms with van der Waals surface area (Å²) >= 11 is 1.83. The largest absolute Gasteiger partial charge is 0.308 e. The quantitative estimate of drug-likeness (QED) is 0.767. The third kappa shape index (κ3) is 4.91. The standard InChI is InChI=1S/C15H23N5S/c1-19(7-6-15-3-2-10-21-15)8-9-20-12-14(17-18-20)11-16-13-4-5-13/h2-3,10,12-13,16H,4-9,11H2,1H3. The lowest BCUT2D eigenvalue weighted by molar-refractivity contribution is 0.315. The highest BCUT2D eigenvalue weighted by Crippen LogP contribution is 2.18. The van der Waals surface area contributed by atoms with Gasteiger partial charge in [0, 0.05) is 36.8 Å². The number of nitrogens with one attached hydrogen (secondary N) is 1. The van der Waals surface area contributed by atoms with Gasteiger partial charge in [-0.05, 0) is 37.8 Å². The fourth-order valence-corrected chi connectivity index (χ4v) is 2.90. The number of rotatable bonds is 9. The first kappa shape index (κ1) is 14.7. The van der Waals surface area contributed by atoms with Gasteiger partial charge in [-0.2, -0.15) is 0 Å². The fourth-order valence-electron chi connectivity index (χ4n) is 2.21. The van der Waals surface area contributed by atoms with E-state index in [-0.39, 0.29) is 0 Å². The van der Waals surface area contributed by atoms with Crippen LogP contribution in [0, 0.1) is 0 Å². The van der Waals surface area contributed by atoms with Gasteiger partial charge < -0.3 is 10.2 Å². The molecule has 0 spiro atoms. The van der Waals surface area contributed by atoms with Crippen LogP contribution in [0.3, 0.4) is 0 Å². The maximum atomic E-state index is 4.21. The number of likely N-dealkylation sites (N-methyl/N-ethyl adjacent to an activating group) is 1. The van der Waals surface area contributed by atoms with E-state index >= 15 is 0 Å². The predicted octanol–water partition coefficient (Wildman–Crippen LogP) is 1.77. The Morgan fingerprint density at radius 1 is 1.43 bits per heavy atom. The highest BCUT2D eigenvalue weighted by molar-refractivity contribution is 7.09. The normalized spacial score (nSPS) is 15.0. The van der Waals surface area contributed by atoms with E-state index in [4.69, 9.17) is 0 Å². The van der Waals surface area contributed by atoms with Gasteiger partial charge in [0.05, 0.1) is 12.2 Å². The molecule has 0 aliphatic heterocycles. The first-order valence-electron chi connectivity index (χ1n) is 7.63. The molecule has 21 heavy (non-hydrogen) atoms. The Kier molecular flexibility index (Phi) is 5.00. The summed E-state index contributed by atoms with van der Waals surface area (Å²) in [6.45, 7) is 3.84. The zero-order chi connectivity index (χ0) is 14.5. The van der Waals surface area contributed by atoms with Crippen molar-refractivity contribution in [2.45, 2.75) is 38.4 Å². The van der Waals surface area contributed by atoms with Gasteiger partial charge in [-0.15, -0.1) is 16.4 Å². The summed E-state index contributed by atoms with van der Waals surface area (Å²) in [5.74, 6) is 0. The van der Waals surface area contributed by atoms with Crippen LogP contribution < -0.4 is 5.32 Å². The number of hydrogen-bond donors (Lipinski definition) is 1. The summed E-state index contributed by atoms with van der Waals surface area (Å²) in [4.78, 5) is 3.81. The second kappa shape index (κ2) is 7.15. The van der Waals surface area contributed by atoms with Crippen molar-refractivity contribution in [1.82, 2.24) is 25.2 Å². The topological polar surface area (TPSA) is 46.0 Å². The van der Waals surface area contributed by atoms with E-state index in [2.05, 4.69) is 51.3 Å². The van der Waals surface area contributed by atoms with Gasteiger partial charge in [-0.1, -0.05) is 11.3 Å². The Hall–Kier alpha value is -1.24. The van der Waals surface area contributed by atoms with Crippen LogP contribution in [0.25, 0.3) is 0 Å². The minimum atomic E-state index is 0.721. The average Bonchev–Trinajstić information content (AvgIpc) is 3.00. The van der Waals surface area contributed by atoms with E-state index in [0.29, 0.717) is 0 Å². The maximum Gasteiger partial charge on any atom is 0.0964 e. The van der Waals surface area contributed by atoms with Crippen molar-refractivity contribution in [1.29, 1.82) is 0 Å². The van der Waals surface area contributed by atoms with Gasteiger partial charge in [0.25, 0.3) is 0 Å². The maximum absolute atomic E-state index is 4.21. The van der Waals surface area contributed by atoms with Crippen LogP contribution >= 0.6 is 11.3 Å². The number of hydrogen-bond acceptors (Lipinski definition) is 5. The molecule has 2 heterocycles. The Labute approximate surface area is 130 Å².